The van der Waals surface area contributed by atoms with Gasteiger partial charge in [0.05, 0.1) is 11.3 Å². The average molecular weight is 422 g/mol. The second-order valence-corrected chi connectivity index (χ2v) is 9.63. The Labute approximate surface area is 183 Å². The third-order valence-electron chi connectivity index (χ3n) is 6.30. The second-order valence-electron chi connectivity index (χ2n) is 9.63. The lowest BCUT2D eigenvalue weighted by Crippen LogP contribution is -2.40. The molecule has 0 saturated heterocycles. The molecule has 0 radical (unpaired) electrons. The summed E-state index contributed by atoms with van der Waals surface area (Å²) in [7, 11) is 0. The predicted octanol–water partition coefficient (Wildman–Crippen LogP) is 4.66. The first kappa shape index (κ1) is 21.2. The normalized spacial score (nSPS) is 20.0. The van der Waals surface area contributed by atoms with Crippen molar-refractivity contribution in [2.45, 2.75) is 65.1 Å². The molecule has 164 valence electrons. The Hall–Kier alpha value is -3.02. The van der Waals surface area contributed by atoms with Gasteiger partial charge in [-0.25, -0.2) is 4.79 Å². The molecule has 2 amide bonds. The Balaban J connectivity index is 1.73. The number of anilines is 1. The number of primary amides is 1. The van der Waals surface area contributed by atoms with Crippen LogP contribution in [0.4, 0.5) is 10.5 Å². The molecule has 0 fully saturated rings. The van der Waals surface area contributed by atoms with Gasteiger partial charge in [0.1, 0.15) is 5.60 Å². The van der Waals surface area contributed by atoms with Gasteiger partial charge in [-0.05, 0) is 68.0 Å². The van der Waals surface area contributed by atoms with Gasteiger partial charge in [-0.15, -0.1) is 0 Å². The number of hydrogen-bond acceptors (Lipinski definition) is 4. The van der Waals surface area contributed by atoms with Crippen LogP contribution in [0.1, 0.15) is 67.6 Å². The van der Waals surface area contributed by atoms with E-state index >= 15 is 0 Å². The Morgan fingerprint density at radius 1 is 1.13 bits per heavy atom. The maximum atomic E-state index is 12.6. The van der Waals surface area contributed by atoms with Gasteiger partial charge in [-0.3, -0.25) is 4.79 Å². The van der Waals surface area contributed by atoms with Gasteiger partial charge < -0.3 is 20.7 Å². The minimum atomic E-state index is -0.512. The Bertz CT molecular complexity index is 1050. The van der Waals surface area contributed by atoms with E-state index in [-0.39, 0.29) is 18.1 Å². The third kappa shape index (κ3) is 3.87. The number of amides is 2. The van der Waals surface area contributed by atoms with Crippen molar-refractivity contribution in [3.05, 3.63) is 52.6 Å². The number of nitrogens with one attached hydrogen (secondary N) is 1. The van der Waals surface area contributed by atoms with Gasteiger partial charge in [0.25, 0.3) is 5.91 Å². The van der Waals surface area contributed by atoms with Crippen molar-refractivity contribution in [1.29, 1.82) is 0 Å². The van der Waals surface area contributed by atoms with Crippen molar-refractivity contribution in [1.82, 2.24) is 4.90 Å². The number of ether oxygens (including phenoxy) is 1. The highest BCUT2D eigenvalue weighted by Gasteiger charge is 2.33. The van der Waals surface area contributed by atoms with Crippen molar-refractivity contribution < 1.29 is 14.3 Å². The first-order valence-corrected chi connectivity index (χ1v) is 10.9. The number of carbonyl (C=O) groups excluding carboxylic acids is 2. The van der Waals surface area contributed by atoms with Crippen molar-refractivity contribution in [3.8, 4) is 11.1 Å². The van der Waals surface area contributed by atoms with E-state index in [0.717, 1.165) is 34.4 Å². The molecule has 2 atom stereocenters. The van der Waals surface area contributed by atoms with Crippen LogP contribution in [0.5, 0.6) is 0 Å². The van der Waals surface area contributed by atoms with Crippen LogP contribution in [0.25, 0.3) is 11.1 Å². The summed E-state index contributed by atoms with van der Waals surface area (Å²) in [5.74, 6) is -0.165. The number of benzene rings is 2. The van der Waals surface area contributed by atoms with E-state index in [1.807, 2.05) is 39.0 Å². The summed E-state index contributed by atoms with van der Waals surface area (Å²) in [5.41, 5.74) is 12.3. The maximum Gasteiger partial charge on any atom is 0.410 e. The van der Waals surface area contributed by atoms with E-state index in [0.29, 0.717) is 18.7 Å². The van der Waals surface area contributed by atoms with E-state index in [1.165, 1.54) is 5.56 Å². The molecule has 0 aliphatic carbocycles. The molecule has 2 heterocycles. The smallest absolute Gasteiger partial charge is 0.410 e. The van der Waals surface area contributed by atoms with Crippen molar-refractivity contribution in [2.75, 3.05) is 11.9 Å². The fourth-order valence-corrected chi connectivity index (χ4v) is 4.63. The molecular formula is C25H31N3O3. The summed E-state index contributed by atoms with van der Waals surface area (Å²) in [5, 5.41) is 3.46. The van der Waals surface area contributed by atoms with Gasteiger partial charge in [-0.2, -0.15) is 0 Å². The van der Waals surface area contributed by atoms with Crippen LogP contribution >= 0.6 is 0 Å². The topological polar surface area (TPSA) is 84.7 Å². The number of nitrogens with two attached hydrogens (primary N) is 1. The molecule has 2 aromatic rings. The lowest BCUT2D eigenvalue weighted by molar-refractivity contribution is 0.0224. The highest BCUT2D eigenvalue weighted by atomic mass is 16.6. The molecule has 3 N–H and O–H groups in total. The SMILES string of the molecule is CC1Nc2c(C(N)=O)ccc(-c3cccc4c3CCN(C(=O)OC(C)(C)C)C4)c2C1C. The molecule has 2 aliphatic rings. The molecule has 0 bridgehead atoms. The van der Waals surface area contributed by atoms with Crippen molar-refractivity contribution >= 4 is 17.7 Å². The highest BCUT2D eigenvalue weighted by Crippen LogP contribution is 2.45. The predicted molar refractivity (Wildman–Crippen MR) is 122 cm³/mol. The van der Waals surface area contributed by atoms with Crippen molar-refractivity contribution in [2.24, 2.45) is 5.73 Å². The third-order valence-corrected chi connectivity index (χ3v) is 6.30. The fraction of sp³-hybridized carbons (Fsp3) is 0.440. The summed E-state index contributed by atoms with van der Waals surface area (Å²) in [6, 6.07) is 10.3. The fourth-order valence-electron chi connectivity index (χ4n) is 4.63. The minimum Gasteiger partial charge on any atom is -0.444 e. The summed E-state index contributed by atoms with van der Waals surface area (Å²) < 4.78 is 5.56. The molecule has 2 unspecified atom stereocenters. The second kappa shape index (κ2) is 7.59. The molecule has 0 aromatic heterocycles. The Morgan fingerprint density at radius 3 is 2.55 bits per heavy atom. The van der Waals surface area contributed by atoms with Gasteiger partial charge in [0.2, 0.25) is 0 Å². The standard InChI is InChI=1S/C25H31N3O3/c1-14-15(2)27-22-20(23(26)29)10-9-19(21(14)22)18-8-6-7-16-13-28(12-11-17(16)18)24(30)31-25(3,4)5/h6-10,14-15,27H,11-13H2,1-5H3,(H2,26,29). The number of rotatable bonds is 2. The first-order chi connectivity index (χ1) is 14.6. The molecule has 31 heavy (non-hydrogen) atoms. The van der Waals surface area contributed by atoms with E-state index in [9.17, 15) is 9.59 Å². The first-order valence-electron chi connectivity index (χ1n) is 10.9. The van der Waals surface area contributed by atoms with E-state index < -0.39 is 11.5 Å². The summed E-state index contributed by atoms with van der Waals surface area (Å²) in [6.45, 7) is 11.1. The molecular weight excluding hydrogens is 390 g/mol. The van der Waals surface area contributed by atoms with Crippen LogP contribution in [-0.4, -0.2) is 35.1 Å². The zero-order valence-corrected chi connectivity index (χ0v) is 18.9. The zero-order chi connectivity index (χ0) is 22.5. The van der Waals surface area contributed by atoms with Crippen LogP contribution in [0.15, 0.2) is 30.3 Å². The average Bonchev–Trinajstić information content (AvgIpc) is 2.99. The number of fused-ring (bicyclic) bond motifs is 2. The largest absolute Gasteiger partial charge is 0.444 e. The monoisotopic (exact) mass is 421 g/mol. The summed E-state index contributed by atoms with van der Waals surface area (Å²) in [4.78, 5) is 26.3. The van der Waals surface area contributed by atoms with E-state index in [2.05, 4.69) is 31.3 Å². The van der Waals surface area contributed by atoms with Gasteiger partial charge >= 0.3 is 6.09 Å². The van der Waals surface area contributed by atoms with Crippen LogP contribution in [0, 0.1) is 0 Å². The lowest BCUT2D eigenvalue weighted by atomic mass is 9.84. The van der Waals surface area contributed by atoms with Crippen LogP contribution in [0.3, 0.4) is 0 Å². The molecule has 2 aromatic carbocycles. The molecule has 4 rings (SSSR count). The van der Waals surface area contributed by atoms with Crippen molar-refractivity contribution in [3.63, 3.8) is 0 Å². The van der Waals surface area contributed by atoms with E-state index in [1.54, 1.807) is 4.90 Å². The van der Waals surface area contributed by atoms with Crippen LogP contribution < -0.4 is 11.1 Å². The lowest BCUT2D eigenvalue weighted by Gasteiger charge is -2.32. The number of nitrogens with zero attached hydrogens (tertiary/aromatic N) is 1. The molecule has 6 heteroatoms. The van der Waals surface area contributed by atoms with Gasteiger partial charge in [0, 0.05) is 25.0 Å². The highest BCUT2D eigenvalue weighted by molar-refractivity contribution is 6.01. The summed E-state index contributed by atoms with van der Waals surface area (Å²) in [6.07, 6.45) is 0.482. The molecule has 2 aliphatic heterocycles. The molecule has 6 nitrogen and oxygen atoms in total. The minimum absolute atomic E-state index is 0.219. The van der Waals surface area contributed by atoms with Gasteiger partial charge in [-0.1, -0.05) is 31.2 Å². The number of carbonyl (C=O) groups is 2. The quantitative estimate of drug-likeness (QED) is 0.738. The van der Waals surface area contributed by atoms with Gasteiger partial charge in [0.15, 0.2) is 0 Å². The van der Waals surface area contributed by atoms with Crippen LogP contribution in [-0.2, 0) is 17.7 Å². The molecule has 0 saturated carbocycles. The molecule has 0 spiro atoms. The Morgan fingerprint density at radius 2 is 1.87 bits per heavy atom. The van der Waals surface area contributed by atoms with E-state index in [4.69, 9.17) is 10.5 Å². The Kier molecular flexibility index (Phi) is 5.20. The number of hydrogen-bond donors (Lipinski definition) is 2. The maximum absolute atomic E-state index is 12.6. The zero-order valence-electron chi connectivity index (χ0n) is 18.9. The van der Waals surface area contributed by atoms with Crippen LogP contribution in [0.2, 0.25) is 0 Å². The summed E-state index contributed by atoms with van der Waals surface area (Å²) >= 11 is 0.